The van der Waals surface area contributed by atoms with Gasteiger partial charge in [0.15, 0.2) is 0 Å². The van der Waals surface area contributed by atoms with E-state index < -0.39 is 17.8 Å². The summed E-state index contributed by atoms with van der Waals surface area (Å²) in [7, 11) is 3.56. The van der Waals surface area contributed by atoms with E-state index >= 15 is 0 Å². The molecule has 2 rings (SSSR count). The molecule has 1 saturated heterocycles. The fraction of sp³-hybridized carbons (Fsp3) is 0.615. The first-order chi connectivity index (χ1) is 9.43. The van der Waals surface area contributed by atoms with E-state index in [4.69, 9.17) is 4.74 Å². The number of pyridine rings is 1. The van der Waals surface area contributed by atoms with E-state index in [1.54, 1.807) is 7.05 Å². The minimum absolute atomic E-state index is 0.128. The molecule has 1 aromatic rings. The second kappa shape index (κ2) is 6.07. The number of ether oxygens (including phenoxy) is 1. The Hall–Kier alpha value is -1.18. The molecule has 1 aliphatic rings. The third-order valence-corrected chi connectivity index (χ3v) is 3.47. The first-order valence-electron chi connectivity index (χ1n) is 6.42. The molecule has 0 aromatic carbocycles. The van der Waals surface area contributed by atoms with Crippen LogP contribution in [0.2, 0.25) is 0 Å². The van der Waals surface area contributed by atoms with Crippen LogP contribution in [0.25, 0.3) is 0 Å². The summed E-state index contributed by atoms with van der Waals surface area (Å²) >= 11 is 0. The van der Waals surface area contributed by atoms with E-state index in [1.165, 1.54) is 6.20 Å². The van der Waals surface area contributed by atoms with Gasteiger partial charge in [0.05, 0.1) is 24.3 Å². The summed E-state index contributed by atoms with van der Waals surface area (Å²) in [6.45, 7) is 1.88. The number of nitrogens with one attached hydrogen (secondary N) is 1. The summed E-state index contributed by atoms with van der Waals surface area (Å²) in [4.78, 5) is 5.88. The normalized spacial score (nSPS) is 22.8. The van der Waals surface area contributed by atoms with Crippen LogP contribution in [0, 0.1) is 0 Å². The lowest BCUT2D eigenvalue weighted by atomic mass is 9.97. The Kier molecular flexibility index (Phi) is 4.62. The van der Waals surface area contributed by atoms with Crippen LogP contribution in [0.1, 0.15) is 17.2 Å². The van der Waals surface area contributed by atoms with Gasteiger partial charge in [-0.25, -0.2) is 0 Å². The van der Waals surface area contributed by atoms with Crippen LogP contribution in [0.3, 0.4) is 0 Å². The Labute approximate surface area is 115 Å². The van der Waals surface area contributed by atoms with Crippen molar-refractivity contribution in [2.24, 2.45) is 0 Å². The Bertz CT molecular complexity index is 453. The molecule has 0 amide bonds. The summed E-state index contributed by atoms with van der Waals surface area (Å²) in [6, 6.07) is 0.467. The molecule has 4 nitrogen and oxygen atoms in total. The van der Waals surface area contributed by atoms with E-state index in [0.717, 1.165) is 18.8 Å². The van der Waals surface area contributed by atoms with Crippen LogP contribution in [-0.2, 0) is 10.9 Å². The van der Waals surface area contributed by atoms with Crippen LogP contribution in [0.15, 0.2) is 18.5 Å². The van der Waals surface area contributed by atoms with Crippen molar-refractivity contribution in [1.82, 2.24) is 15.2 Å². The highest BCUT2D eigenvalue weighted by molar-refractivity contribution is 5.30. The van der Waals surface area contributed by atoms with Crippen molar-refractivity contribution in [2.75, 3.05) is 33.8 Å². The molecule has 1 aromatic heterocycles. The van der Waals surface area contributed by atoms with E-state index in [9.17, 15) is 13.2 Å². The molecule has 2 atom stereocenters. The van der Waals surface area contributed by atoms with Gasteiger partial charge in [-0.3, -0.25) is 4.98 Å². The van der Waals surface area contributed by atoms with Crippen LogP contribution < -0.4 is 5.32 Å². The molecule has 2 heterocycles. The minimum Gasteiger partial charge on any atom is -0.374 e. The number of aromatic nitrogens is 1. The number of hydrogen-bond donors (Lipinski definition) is 1. The molecule has 1 N–H and O–H groups in total. The van der Waals surface area contributed by atoms with Crippen LogP contribution in [-0.4, -0.2) is 49.8 Å². The summed E-state index contributed by atoms with van der Waals surface area (Å²) < 4.78 is 44.9. The first kappa shape index (κ1) is 15.2. The lowest BCUT2D eigenvalue weighted by molar-refractivity contribution is -0.139. The van der Waals surface area contributed by atoms with Crippen molar-refractivity contribution in [1.29, 1.82) is 0 Å². The Balaban J connectivity index is 2.32. The summed E-state index contributed by atoms with van der Waals surface area (Å²) in [5.74, 6) is 0. The molecule has 0 spiro atoms. The van der Waals surface area contributed by atoms with Gasteiger partial charge >= 0.3 is 6.18 Å². The second-order valence-corrected chi connectivity index (χ2v) is 4.90. The SMILES string of the molecule is CNC(c1cnccc1C(F)(F)F)C1CN(C)CCO1. The third-order valence-electron chi connectivity index (χ3n) is 3.47. The van der Waals surface area contributed by atoms with Gasteiger partial charge in [0.1, 0.15) is 0 Å². The predicted octanol–water partition coefficient (Wildman–Crippen LogP) is 1.69. The summed E-state index contributed by atoms with van der Waals surface area (Å²) in [6.07, 6.45) is -2.30. The van der Waals surface area contributed by atoms with Gasteiger partial charge in [-0.15, -0.1) is 0 Å². The zero-order valence-electron chi connectivity index (χ0n) is 11.4. The number of likely N-dealkylation sites (N-methyl/N-ethyl adjacent to an activating group) is 2. The maximum atomic E-state index is 13.1. The smallest absolute Gasteiger partial charge is 0.374 e. The van der Waals surface area contributed by atoms with Crippen LogP contribution >= 0.6 is 0 Å². The number of halogens is 3. The average molecular weight is 289 g/mol. The van der Waals surface area contributed by atoms with Crippen molar-refractivity contribution in [3.05, 3.63) is 29.6 Å². The molecule has 7 heteroatoms. The Morgan fingerprint density at radius 2 is 2.25 bits per heavy atom. The van der Waals surface area contributed by atoms with Crippen molar-refractivity contribution in [3.63, 3.8) is 0 Å². The molecule has 112 valence electrons. The van der Waals surface area contributed by atoms with E-state index in [2.05, 4.69) is 10.3 Å². The number of morpholine rings is 1. The maximum Gasteiger partial charge on any atom is 0.416 e. The molecule has 20 heavy (non-hydrogen) atoms. The zero-order chi connectivity index (χ0) is 14.8. The van der Waals surface area contributed by atoms with Gasteiger partial charge in [-0.1, -0.05) is 0 Å². The highest BCUT2D eigenvalue weighted by atomic mass is 19.4. The van der Waals surface area contributed by atoms with Gasteiger partial charge in [0.25, 0.3) is 0 Å². The molecule has 1 aliphatic heterocycles. The molecule has 0 saturated carbocycles. The van der Waals surface area contributed by atoms with Gasteiger partial charge < -0.3 is 15.0 Å². The molecule has 0 bridgehead atoms. The number of rotatable bonds is 3. The third kappa shape index (κ3) is 3.28. The van der Waals surface area contributed by atoms with E-state index in [-0.39, 0.29) is 11.7 Å². The summed E-state index contributed by atoms with van der Waals surface area (Å²) in [5.41, 5.74) is -0.536. The lowest BCUT2D eigenvalue weighted by Gasteiger charge is -2.35. The largest absolute Gasteiger partial charge is 0.416 e. The Morgan fingerprint density at radius 3 is 2.85 bits per heavy atom. The van der Waals surface area contributed by atoms with Crippen molar-refractivity contribution in [2.45, 2.75) is 18.3 Å². The Morgan fingerprint density at radius 1 is 1.50 bits per heavy atom. The van der Waals surface area contributed by atoms with Gasteiger partial charge in [0.2, 0.25) is 0 Å². The molecule has 0 aliphatic carbocycles. The van der Waals surface area contributed by atoms with Crippen molar-refractivity contribution < 1.29 is 17.9 Å². The maximum absolute atomic E-state index is 13.1. The molecular formula is C13H18F3N3O. The summed E-state index contributed by atoms with van der Waals surface area (Å²) in [5, 5.41) is 2.93. The first-order valence-corrected chi connectivity index (χ1v) is 6.42. The fourth-order valence-electron chi connectivity index (χ4n) is 2.47. The van der Waals surface area contributed by atoms with E-state index in [1.807, 2.05) is 11.9 Å². The highest BCUT2D eigenvalue weighted by Crippen LogP contribution is 2.35. The number of alkyl halides is 3. The topological polar surface area (TPSA) is 37.4 Å². The monoisotopic (exact) mass is 289 g/mol. The lowest BCUT2D eigenvalue weighted by Crippen LogP contribution is -2.46. The molecule has 1 fully saturated rings. The number of nitrogens with zero attached hydrogens (tertiary/aromatic N) is 2. The predicted molar refractivity (Wildman–Crippen MR) is 68.3 cm³/mol. The van der Waals surface area contributed by atoms with Crippen molar-refractivity contribution in [3.8, 4) is 0 Å². The molecule has 2 unspecified atom stereocenters. The van der Waals surface area contributed by atoms with Gasteiger partial charge in [-0.05, 0) is 20.2 Å². The minimum atomic E-state index is -4.39. The second-order valence-electron chi connectivity index (χ2n) is 4.90. The zero-order valence-corrected chi connectivity index (χ0v) is 11.4. The molecular weight excluding hydrogens is 271 g/mol. The average Bonchev–Trinajstić information content (AvgIpc) is 2.39. The van der Waals surface area contributed by atoms with Gasteiger partial charge in [-0.2, -0.15) is 13.2 Å². The van der Waals surface area contributed by atoms with Crippen LogP contribution in [0.4, 0.5) is 13.2 Å². The van der Waals surface area contributed by atoms with Gasteiger partial charge in [0, 0.05) is 31.0 Å². The van der Waals surface area contributed by atoms with Crippen LogP contribution in [0.5, 0.6) is 0 Å². The quantitative estimate of drug-likeness (QED) is 0.919. The number of hydrogen-bond acceptors (Lipinski definition) is 4. The fourth-order valence-corrected chi connectivity index (χ4v) is 2.47. The highest BCUT2D eigenvalue weighted by Gasteiger charge is 2.37. The molecule has 0 radical (unpaired) electrons. The van der Waals surface area contributed by atoms with Crippen molar-refractivity contribution >= 4 is 0 Å². The standard InChI is InChI=1S/C13H18F3N3O/c1-17-12(11-8-19(2)5-6-20-11)9-7-18-4-3-10(9)13(14,15)16/h3-4,7,11-12,17H,5-6,8H2,1-2H3. The van der Waals surface area contributed by atoms with E-state index in [0.29, 0.717) is 13.2 Å².